The van der Waals surface area contributed by atoms with Gasteiger partial charge in [0.05, 0.1) is 35.1 Å². The maximum Gasteiger partial charge on any atom is 0.338 e. The lowest BCUT2D eigenvalue weighted by molar-refractivity contribution is -0.138. The van der Waals surface area contributed by atoms with Crippen LogP contribution in [-0.2, 0) is 9.53 Å². The van der Waals surface area contributed by atoms with E-state index in [1.165, 1.54) is 11.3 Å². The van der Waals surface area contributed by atoms with Gasteiger partial charge in [0.15, 0.2) is 4.80 Å². The maximum absolute atomic E-state index is 14.0. The van der Waals surface area contributed by atoms with E-state index >= 15 is 0 Å². The number of esters is 1. The summed E-state index contributed by atoms with van der Waals surface area (Å²) in [5.74, 6) is 0.250. The second kappa shape index (κ2) is 11.9. The van der Waals surface area contributed by atoms with Gasteiger partial charge in [-0.25, -0.2) is 9.79 Å². The van der Waals surface area contributed by atoms with E-state index < -0.39 is 12.0 Å². The standard InChI is InChI=1S/C31H28N2O4S2/c1-4-36-23-13-9-10-20(18-23)19-25-29(34)33-28(22-14-16-24(38-3)17-15-22)26(30(35)37-5-2)27(32-31(33)39-25)21-11-7-6-8-12-21/h6-19,28H,4-5H2,1-3H3/b25-19-/t28-/m0/s1. The van der Waals surface area contributed by atoms with E-state index in [-0.39, 0.29) is 12.2 Å². The van der Waals surface area contributed by atoms with E-state index in [1.807, 2.05) is 98.1 Å². The van der Waals surface area contributed by atoms with Crippen LogP contribution in [-0.4, -0.2) is 30.0 Å². The van der Waals surface area contributed by atoms with Gasteiger partial charge < -0.3 is 9.47 Å². The van der Waals surface area contributed by atoms with Gasteiger partial charge in [0.25, 0.3) is 5.56 Å². The number of thiazole rings is 1. The first kappa shape index (κ1) is 26.7. The number of carbonyl (C=O) groups excluding carboxylic acids is 1. The number of hydrogen-bond donors (Lipinski definition) is 0. The van der Waals surface area contributed by atoms with Gasteiger partial charge in [-0.15, -0.1) is 11.8 Å². The van der Waals surface area contributed by atoms with Crippen molar-refractivity contribution in [3.8, 4) is 5.75 Å². The number of thioether (sulfide) groups is 1. The Kier molecular flexibility index (Phi) is 8.14. The largest absolute Gasteiger partial charge is 0.494 e. The molecule has 0 unspecified atom stereocenters. The van der Waals surface area contributed by atoms with Gasteiger partial charge in [0, 0.05) is 10.5 Å². The highest BCUT2D eigenvalue weighted by molar-refractivity contribution is 7.98. The van der Waals surface area contributed by atoms with Crippen molar-refractivity contribution in [2.45, 2.75) is 24.8 Å². The molecule has 1 aliphatic heterocycles. The third-order valence-corrected chi connectivity index (χ3v) is 8.00. The number of nitrogens with zero attached hydrogens (tertiary/aromatic N) is 2. The second-order valence-corrected chi connectivity index (χ2v) is 10.6. The van der Waals surface area contributed by atoms with Crippen molar-refractivity contribution in [1.82, 2.24) is 4.57 Å². The van der Waals surface area contributed by atoms with Crippen LogP contribution in [0.1, 0.15) is 36.6 Å². The van der Waals surface area contributed by atoms with Gasteiger partial charge in [-0.1, -0.05) is 65.9 Å². The van der Waals surface area contributed by atoms with Gasteiger partial charge in [-0.05, 0) is 61.6 Å². The molecule has 5 rings (SSSR count). The van der Waals surface area contributed by atoms with Crippen LogP contribution in [0, 0.1) is 0 Å². The highest BCUT2D eigenvalue weighted by Crippen LogP contribution is 2.35. The Bertz CT molecular complexity index is 1700. The normalized spacial score (nSPS) is 15.1. The molecule has 8 heteroatoms. The van der Waals surface area contributed by atoms with Crippen LogP contribution in [0.25, 0.3) is 11.8 Å². The maximum atomic E-state index is 14.0. The smallest absolute Gasteiger partial charge is 0.338 e. The molecule has 0 fully saturated rings. The van der Waals surface area contributed by atoms with Crippen LogP contribution in [0.3, 0.4) is 0 Å². The number of carbonyl (C=O) groups is 1. The minimum Gasteiger partial charge on any atom is -0.494 e. The minimum absolute atomic E-state index is 0.211. The Morgan fingerprint density at radius 3 is 2.49 bits per heavy atom. The molecule has 0 N–H and O–H groups in total. The van der Waals surface area contributed by atoms with E-state index in [2.05, 4.69) is 0 Å². The molecule has 3 aromatic carbocycles. The zero-order valence-corrected chi connectivity index (χ0v) is 23.6. The predicted octanol–water partition coefficient (Wildman–Crippen LogP) is 5.06. The lowest BCUT2D eigenvalue weighted by Crippen LogP contribution is -2.40. The molecule has 0 saturated carbocycles. The summed E-state index contributed by atoms with van der Waals surface area (Å²) in [6.07, 6.45) is 3.85. The summed E-state index contributed by atoms with van der Waals surface area (Å²) in [4.78, 5) is 34.0. The lowest BCUT2D eigenvalue weighted by Gasteiger charge is -2.26. The van der Waals surface area contributed by atoms with Crippen LogP contribution in [0.4, 0.5) is 0 Å². The molecule has 4 aromatic rings. The van der Waals surface area contributed by atoms with Crippen LogP contribution < -0.4 is 19.6 Å². The third kappa shape index (κ3) is 5.48. The van der Waals surface area contributed by atoms with Crippen molar-refractivity contribution in [2.75, 3.05) is 19.5 Å². The van der Waals surface area contributed by atoms with Crippen molar-refractivity contribution in [1.29, 1.82) is 0 Å². The average Bonchev–Trinajstić information content (AvgIpc) is 3.27. The Labute approximate surface area is 235 Å². The Morgan fingerprint density at radius 2 is 1.79 bits per heavy atom. The minimum atomic E-state index is -0.691. The Hall–Kier alpha value is -3.88. The molecule has 0 saturated heterocycles. The molecule has 1 aliphatic rings. The van der Waals surface area contributed by atoms with E-state index in [4.69, 9.17) is 14.5 Å². The van der Waals surface area contributed by atoms with Gasteiger partial charge in [-0.2, -0.15) is 0 Å². The molecule has 198 valence electrons. The summed E-state index contributed by atoms with van der Waals surface area (Å²) in [5, 5.41) is 0. The summed E-state index contributed by atoms with van der Waals surface area (Å²) in [6.45, 7) is 4.47. The summed E-state index contributed by atoms with van der Waals surface area (Å²) in [6, 6.07) is 24.4. The van der Waals surface area contributed by atoms with Crippen LogP contribution >= 0.6 is 23.1 Å². The van der Waals surface area contributed by atoms with Crippen LogP contribution in [0.15, 0.2) is 99.1 Å². The molecular weight excluding hydrogens is 528 g/mol. The first-order valence-corrected chi connectivity index (χ1v) is 14.7. The van der Waals surface area contributed by atoms with Crippen molar-refractivity contribution >= 4 is 40.8 Å². The highest BCUT2D eigenvalue weighted by atomic mass is 32.2. The van der Waals surface area contributed by atoms with Gasteiger partial charge in [0.2, 0.25) is 0 Å². The Morgan fingerprint density at radius 1 is 1.03 bits per heavy atom. The molecule has 0 amide bonds. The lowest BCUT2D eigenvalue weighted by atomic mass is 9.93. The molecule has 0 spiro atoms. The molecule has 39 heavy (non-hydrogen) atoms. The number of ether oxygens (including phenoxy) is 2. The third-order valence-electron chi connectivity index (χ3n) is 6.27. The van der Waals surface area contributed by atoms with Crippen molar-refractivity contribution in [3.05, 3.63) is 121 Å². The van der Waals surface area contributed by atoms with E-state index in [9.17, 15) is 9.59 Å². The SMILES string of the molecule is CCOC(=O)C1=C(c2ccccc2)N=c2s/c(=C\c3cccc(OCC)c3)c(=O)n2[C@H]1c1ccc(SC)cc1. The summed E-state index contributed by atoms with van der Waals surface area (Å²) >= 11 is 2.94. The first-order valence-electron chi connectivity index (χ1n) is 12.7. The van der Waals surface area contributed by atoms with Crippen molar-refractivity contribution in [2.24, 2.45) is 4.99 Å². The summed E-state index contributed by atoms with van der Waals surface area (Å²) in [7, 11) is 0. The molecule has 0 radical (unpaired) electrons. The zero-order chi connectivity index (χ0) is 27.4. The molecule has 0 bridgehead atoms. The molecule has 1 atom stereocenters. The van der Waals surface area contributed by atoms with Crippen LogP contribution in [0.2, 0.25) is 0 Å². The number of rotatable bonds is 8. The number of benzene rings is 3. The average molecular weight is 557 g/mol. The topological polar surface area (TPSA) is 69.9 Å². The molecule has 2 heterocycles. The molecular formula is C31H28N2O4S2. The van der Waals surface area contributed by atoms with E-state index in [0.29, 0.717) is 27.2 Å². The number of fused-ring (bicyclic) bond motifs is 1. The Balaban J connectivity index is 1.78. The highest BCUT2D eigenvalue weighted by Gasteiger charge is 2.35. The van der Waals surface area contributed by atoms with Crippen molar-refractivity contribution in [3.63, 3.8) is 0 Å². The van der Waals surface area contributed by atoms with Gasteiger partial charge >= 0.3 is 5.97 Å². The second-order valence-electron chi connectivity index (χ2n) is 8.71. The number of aromatic nitrogens is 1. The fourth-order valence-corrected chi connectivity index (χ4v) is 5.96. The number of hydrogen-bond acceptors (Lipinski definition) is 7. The molecule has 1 aromatic heterocycles. The fourth-order valence-electron chi connectivity index (χ4n) is 4.55. The van der Waals surface area contributed by atoms with Crippen LogP contribution in [0.5, 0.6) is 5.75 Å². The quantitative estimate of drug-likeness (QED) is 0.224. The first-order chi connectivity index (χ1) is 19.0. The monoisotopic (exact) mass is 556 g/mol. The van der Waals surface area contributed by atoms with E-state index in [0.717, 1.165) is 27.3 Å². The van der Waals surface area contributed by atoms with Gasteiger partial charge in [-0.3, -0.25) is 9.36 Å². The fraction of sp³-hybridized carbons (Fsp3) is 0.194. The summed E-state index contributed by atoms with van der Waals surface area (Å²) in [5.41, 5.74) is 3.09. The summed E-state index contributed by atoms with van der Waals surface area (Å²) < 4.78 is 13.3. The molecule has 0 aliphatic carbocycles. The van der Waals surface area contributed by atoms with Crippen molar-refractivity contribution < 1.29 is 14.3 Å². The zero-order valence-electron chi connectivity index (χ0n) is 21.9. The predicted molar refractivity (Wildman–Crippen MR) is 157 cm³/mol. The van der Waals surface area contributed by atoms with E-state index in [1.54, 1.807) is 23.3 Å². The van der Waals surface area contributed by atoms with Gasteiger partial charge in [0.1, 0.15) is 5.75 Å². The molecule has 6 nitrogen and oxygen atoms in total.